The number of rotatable bonds is 9. The van der Waals surface area contributed by atoms with Crippen LogP contribution in [0, 0.1) is 0 Å². The summed E-state index contributed by atoms with van der Waals surface area (Å²) in [5.74, 6) is -1.08. The second kappa shape index (κ2) is 10.7. The highest BCUT2D eigenvalue weighted by Crippen LogP contribution is 2.37. The number of hydrogen-bond donors (Lipinski definition) is 3. The van der Waals surface area contributed by atoms with E-state index >= 15 is 0 Å². The van der Waals surface area contributed by atoms with Crippen LogP contribution in [0.1, 0.15) is 48.8 Å². The third kappa shape index (κ3) is 6.00. The van der Waals surface area contributed by atoms with Crippen LogP contribution in [0.5, 0.6) is 5.75 Å². The van der Waals surface area contributed by atoms with Gasteiger partial charge in [-0.2, -0.15) is 13.2 Å². The van der Waals surface area contributed by atoms with Crippen molar-refractivity contribution in [2.45, 2.75) is 38.5 Å². The summed E-state index contributed by atoms with van der Waals surface area (Å²) in [6, 6.07) is 4.25. The van der Waals surface area contributed by atoms with Crippen molar-refractivity contribution in [3.05, 3.63) is 41.4 Å². The molecular formula is C24H28F3N5O5. The van der Waals surface area contributed by atoms with Crippen LogP contribution in [0.2, 0.25) is 0 Å². The number of carbonyl (C=O) groups is 2. The van der Waals surface area contributed by atoms with E-state index in [1.54, 1.807) is 6.92 Å². The maximum Gasteiger partial charge on any atom is 0.433 e. The summed E-state index contributed by atoms with van der Waals surface area (Å²) in [7, 11) is 2.80. The summed E-state index contributed by atoms with van der Waals surface area (Å²) in [6.07, 6.45) is -4.66. The van der Waals surface area contributed by atoms with Gasteiger partial charge in [-0.25, -0.2) is 9.97 Å². The molecule has 10 nitrogen and oxygen atoms in total. The summed E-state index contributed by atoms with van der Waals surface area (Å²) in [5.41, 5.74) is 3.65. The van der Waals surface area contributed by atoms with Gasteiger partial charge in [-0.1, -0.05) is 0 Å². The Labute approximate surface area is 210 Å². The minimum atomic E-state index is -4.66. The van der Waals surface area contributed by atoms with E-state index in [4.69, 9.17) is 19.6 Å². The number of fused-ring (bicyclic) bond motifs is 1. The molecule has 0 fully saturated rings. The number of benzene rings is 1. The molecule has 0 aliphatic carbocycles. The van der Waals surface area contributed by atoms with Gasteiger partial charge in [0.05, 0.1) is 19.8 Å². The number of nitrogens with two attached hydrogens (primary N) is 1. The maximum atomic E-state index is 13.3. The summed E-state index contributed by atoms with van der Waals surface area (Å²) in [4.78, 5) is 33.7. The number of halogens is 3. The van der Waals surface area contributed by atoms with Crippen molar-refractivity contribution in [1.29, 1.82) is 0 Å². The molecule has 4 N–H and O–H groups in total. The van der Waals surface area contributed by atoms with E-state index in [0.29, 0.717) is 6.61 Å². The maximum absolute atomic E-state index is 13.3. The molecule has 0 radical (unpaired) electrons. The minimum absolute atomic E-state index is 0.0342. The normalized spacial score (nSPS) is 12.9. The van der Waals surface area contributed by atoms with Crippen LogP contribution in [0.3, 0.4) is 0 Å². The van der Waals surface area contributed by atoms with Gasteiger partial charge in [0.15, 0.2) is 11.5 Å². The van der Waals surface area contributed by atoms with Crippen molar-refractivity contribution in [2.75, 3.05) is 27.4 Å². The van der Waals surface area contributed by atoms with Crippen molar-refractivity contribution in [3.8, 4) is 17.2 Å². The number of ether oxygens (including phenoxy) is 2. The zero-order valence-electron chi connectivity index (χ0n) is 20.9. The molecule has 3 aromatic rings. The molecule has 0 aliphatic heterocycles. The van der Waals surface area contributed by atoms with Crippen LogP contribution in [0.25, 0.3) is 22.4 Å². The molecule has 3 rings (SSSR count). The average Bonchev–Trinajstić information content (AvgIpc) is 3.28. The minimum Gasteiger partial charge on any atom is -0.494 e. The summed E-state index contributed by atoms with van der Waals surface area (Å²) in [5, 5.41) is 5.52. The lowest BCUT2D eigenvalue weighted by atomic mass is 10.0. The molecule has 1 atom stereocenters. The number of methoxy groups -OCH3 is 2. The lowest BCUT2D eigenvalue weighted by Gasteiger charge is -2.24. The smallest absolute Gasteiger partial charge is 0.433 e. The Bertz CT molecular complexity index is 1300. The molecule has 2 heterocycles. The monoisotopic (exact) mass is 523 g/mol. The van der Waals surface area contributed by atoms with E-state index in [0.717, 1.165) is 6.07 Å². The Morgan fingerprint density at radius 3 is 2.43 bits per heavy atom. The Kier molecular flexibility index (Phi) is 8.08. The fourth-order valence-corrected chi connectivity index (χ4v) is 3.51. The molecule has 37 heavy (non-hydrogen) atoms. The lowest BCUT2D eigenvalue weighted by Crippen LogP contribution is -2.55. The fourth-order valence-electron chi connectivity index (χ4n) is 3.51. The number of nitrogens with zero attached hydrogens (tertiary/aromatic N) is 2. The number of hydrogen-bond acceptors (Lipinski definition) is 8. The quantitative estimate of drug-likeness (QED) is 0.363. The van der Waals surface area contributed by atoms with Gasteiger partial charge in [0.25, 0.3) is 5.91 Å². The third-order valence-corrected chi connectivity index (χ3v) is 5.43. The van der Waals surface area contributed by atoms with Crippen LogP contribution in [0.15, 0.2) is 28.7 Å². The number of pyridine rings is 1. The highest BCUT2D eigenvalue weighted by Gasteiger charge is 2.34. The fraction of sp³-hybridized carbons (Fsp3) is 0.417. The van der Waals surface area contributed by atoms with Crippen LogP contribution < -0.4 is 21.1 Å². The zero-order chi connectivity index (χ0) is 27.5. The van der Waals surface area contributed by atoms with Gasteiger partial charge in [0.1, 0.15) is 22.5 Å². The Morgan fingerprint density at radius 2 is 1.84 bits per heavy atom. The molecule has 2 amide bonds. The predicted octanol–water partition coefficient (Wildman–Crippen LogP) is 3.21. The molecule has 200 valence electrons. The SMILES string of the molecule is COCCNC(=O)C(C)(C)NC(=O)c1nc(-c2ccc(OC)c3nc(C(F)(F)F)ccc23)oc1[C@H](C)N. The number of aromatic nitrogens is 2. The molecule has 13 heteroatoms. The first-order chi connectivity index (χ1) is 17.3. The number of amides is 2. The van der Waals surface area contributed by atoms with E-state index in [1.165, 1.54) is 46.3 Å². The van der Waals surface area contributed by atoms with Gasteiger partial charge in [-0.3, -0.25) is 9.59 Å². The molecule has 0 saturated heterocycles. The van der Waals surface area contributed by atoms with Gasteiger partial charge in [-0.15, -0.1) is 0 Å². The highest BCUT2D eigenvalue weighted by molar-refractivity contribution is 6.00. The van der Waals surface area contributed by atoms with Crippen LogP contribution >= 0.6 is 0 Å². The molecule has 0 spiro atoms. The van der Waals surface area contributed by atoms with E-state index in [1.807, 2.05) is 0 Å². The second-order valence-electron chi connectivity index (χ2n) is 8.75. The number of carbonyl (C=O) groups excluding carboxylic acids is 2. The van der Waals surface area contributed by atoms with E-state index in [-0.39, 0.29) is 46.1 Å². The van der Waals surface area contributed by atoms with Crippen LogP contribution in [-0.2, 0) is 15.7 Å². The first-order valence-corrected chi connectivity index (χ1v) is 11.2. The first kappa shape index (κ1) is 27.9. The standard InChI is InChI=1S/C24H28F3N5O5/c1-12(28)19-18(20(33)32-23(2,3)22(34)29-10-11-35-4)31-21(37-19)14-6-8-15(36-5)17-13(14)7-9-16(30-17)24(25,26)27/h6-9,12H,10-11,28H2,1-5H3,(H,29,34)(H,32,33)/t12-/m0/s1. The van der Waals surface area contributed by atoms with Crippen molar-refractivity contribution < 1.29 is 36.7 Å². The molecule has 0 unspecified atom stereocenters. The van der Waals surface area contributed by atoms with Crippen molar-refractivity contribution in [2.24, 2.45) is 5.73 Å². The predicted molar refractivity (Wildman–Crippen MR) is 128 cm³/mol. The largest absolute Gasteiger partial charge is 0.494 e. The van der Waals surface area contributed by atoms with Crippen molar-refractivity contribution in [3.63, 3.8) is 0 Å². The lowest BCUT2D eigenvalue weighted by molar-refractivity contribution is -0.141. The molecule has 1 aromatic carbocycles. The number of alkyl halides is 3. The van der Waals surface area contributed by atoms with E-state index in [9.17, 15) is 22.8 Å². The first-order valence-electron chi connectivity index (χ1n) is 11.2. The molecule has 2 aromatic heterocycles. The topological polar surface area (TPSA) is 142 Å². The number of oxazole rings is 1. The summed E-state index contributed by atoms with van der Waals surface area (Å²) < 4.78 is 55.7. The molecular weight excluding hydrogens is 495 g/mol. The molecule has 0 aliphatic rings. The molecule has 0 saturated carbocycles. The van der Waals surface area contributed by atoms with E-state index < -0.39 is 35.3 Å². The third-order valence-electron chi connectivity index (χ3n) is 5.43. The zero-order valence-corrected chi connectivity index (χ0v) is 20.9. The number of nitrogens with one attached hydrogen (secondary N) is 2. The average molecular weight is 524 g/mol. The Balaban J connectivity index is 2.03. The van der Waals surface area contributed by atoms with Gasteiger partial charge < -0.3 is 30.3 Å². The van der Waals surface area contributed by atoms with Gasteiger partial charge >= 0.3 is 6.18 Å². The van der Waals surface area contributed by atoms with Crippen LogP contribution in [0.4, 0.5) is 13.2 Å². The van der Waals surface area contributed by atoms with Gasteiger partial charge in [-0.05, 0) is 45.0 Å². The van der Waals surface area contributed by atoms with Crippen molar-refractivity contribution >= 4 is 22.7 Å². The Morgan fingerprint density at radius 1 is 1.14 bits per heavy atom. The van der Waals surface area contributed by atoms with Gasteiger partial charge in [0, 0.05) is 24.6 Å². The summed E-state index contributed by atoms with van der Waals surface area (Å²) in [6.45, 7) is 5.16. The highest BCUT2D eigenvalue weighted by atomic mass is 19.4. The molecule has 0 bridgehead atoms. The van der Waals surface area contributed by atoms with Crippen molar-refractivity contribution in [1.82, 2.24) is 20.6 Å². The van der Waals surface area contributed by atoms with Gasteiger partial charge in [0.2, 0.25) is 11.8 Å². The Hall–Kier alpha value is -3.71. The summed E-state index contributed by atoms with van der Waals surface area (Å²) >= 11 is 0. The van der Waals surface area contributed by atoms with E-state index in [2.05, 4.69) is 20.6 Å². The van der Waals surface area contributed by atoms with Crippen LogP contribution in [-0.4, -0.2) is 54.7 Å². The second-order valence-corrected chi connectivity index (χ2v) is 8.75.